The zero-order valence-corrected chi connectivity index (χ0v) is 11.9. The first-order chi connectivity index (χ1) is 8.08. The second-order valence-corrected chi connectivity index (χ2v) is 6.37. The standard InChI is InChI=1S/C16H23Cl/c1-11(2)14-6-4-13(5-7-14)10-15-8-9-16(17)12(15)3/h4-7,11-12,15-16H,8-10H2,1-3H3. The predicted molar refractivity (Wildman–Crippen MR) is 75.8 cm³/mol. The van der Waals surface area contributed by atoms with Crippen LogP contribution in [0.2, 0.25) is 0 Å². The lowest BCUT2D eigenvalue weighted by atomic mass is 9.90. The molecule has 0 heterocycles. The molecule has 0 spiro atoms. The van der Waals surface area contributed by atoms with Crippen LogP contribution in [0.3, 0.4) is 0 Å². The van der Waals surface area contributed by atoms with Crippen molar-refractivity contribution in [1.29, 1.82) is 0 Å². The third kappa shape index (κ3) is 3.04. The van der Waals surface area contributed by atoms with E-state index in [0.29, 0.717) is 17.2 Å². The number of rotatable bonds is 3. The third-order valence-corrected chi connectivity index (χ3v) is 4.89. The van der Waals surface area contributed by atoms with E-state index < -0.39 is 0 Å². The highest BCUT2D eigenvalue weighted by molar-refractivity contribution is 6.20. The van der Waals surface area contributed by atoms with Gasteiger partial charge in [0.05, 0.1) is 0 Å². The Morgan fingerprint density at radius 2 is 1.82 bits per heavy atom. The Morgan fingerprint density at radius 3 is 2.29 bits per heavy atom. The minimum absolute atomic E-state index is 0.398. The van der Waals surface area contributed by atoms with Gasteiger partial charge in [-0.1, -0.05) is 45.0 Å². The monoisotopic (exact) mass is 250 g/mol. The predicted octanol–water partition coefficient (Wildman–Crippen LogP) is 5.01. The van der Waals surface area contributed by atoms with Gasteiger partial charge in [-0.2, -0.15) is 0 Å². The van der Waals surface area contributed by atoms with Gasteiger partial charge in [0.1, 0.15) is 0 Å². The summed E-state index contributed by atoms with van der Waals surface area (Å²) in [5.41, 5.74) is 2.90. The largest absolute Gasteiger partial charge is 0.123 e. The topological polar surface area (TPSA) is 0 Å². The van der Waals surface area contributed by atoms with Gasteiger partial charge in [-0.3, -0.25) is 0 Å². The highest BCUT2D eigenvalue weighted by Gasteiger charge is 2.31. The van der Waals surface area contributed by atoms with Crippen LogP contribution in [-0.2, 0) is 6.42 Å². The van der Waals surface area contributed by atoms with Gasteiger partial charge in [0.2, 0.25) is 0 Å². The van der Waals surface area contributed by atoms with Crippen LogP contribution >= 0.6 is 11.6 Å². The van der Waals surface area contributed by atoms with E-state index in [2.05, 4.69) is 45.0 Å². The van der Waals surface area contributed by atoms with Crippen molar-refractivity contribution in [2.24, 2.45) is 11.8 Å². The first kappa shape index (κ1) is 13.0. The van der Waals surface area contributed by atoms with Gasteiger partial charge in [-0.05, 0) is 48.1 Å². The molecule has 0 N–H and O–H groups in total. The lowest BCUT2D eigenvalue weighted by molar-refractivity contribution is 0.420. The van der Waals surface area contributed by atoms with Crippen molar-refractivity contribution >= 4 is 11.6 Å². The fourth-order valence-corrected chi connectivity index (χ4v) is 3.16. The maximum absolute atomic E-state index is 6.29. The molecule has 0 amide bonds. The molecule has 1 aliphatic rings. The van der Waals surface area contributed by atoms with E-state index in [-0.39, 0.29) is 0 Å². The van der Waals surface area contributed by atoms with Crippen molar-refractivity contribution in [3.8, 4) is 0 Å². The quantitative estimate of drug-likeness (QED) is 0.662. The summed E-state index contributed by atoms with van der Waals surface area (Å²) in [6.07, 6.45) is 3.68. The summed E-state index contributed by atoms with van der Waals surface area (Å²) in [6.45, 7) is 6.79. The summed E-state index contributed by atoms with van der Waals surface area (Å²) in [4.78, 5) is 0. The van der Waals surface area contributed by atoms with Crippen LogP contribution in [0, 0.1) is 11.8 Å². The summed E-state index contributed by atoms with van der Waals surface area (Å²) >= 11 is 6.29. The van der Waals surface area contributed by atoms with Crippen LogP contribution in [0.15, 0.2) is 24.3 Å². The molecule has 0 radical (unpaired) electrons. The molecular formula is C16H23Cl. The van der Waals surface area contributed by atoms with Crippen molar-refractivity contribution in [1.82, 2.24) is 0 Å². The highest BCUT2D eigenvalue weighted by Crippen LogP contribution is 2.37. The van der Waals surface area contributed by atoms with Crippen LogP contribution in [-0.4, -0.2) is 5.38 Å². The second kappa shape index (κ2) is 5.44. The molecule has 0 saturated heterocycles. The van der Waals surface area contributed by atoms with Gasteiger partial charge >= 0.3 is 0 Å². The Kier molecular flexibility index (Phi) is 4.14. The van der Waals surface area contributed by atoms with E-state index in [4.69, 9.17) is 11.6 Å². The molecule has 0 aromatic heterocycles. The van der Waals surface area contributed by atoms with E-state index in [9.17, 15) is 0 Å². The van der Waals surface area contributed by atoms with Crippen molar-refractivity contribution in [3.05, 3.63) is 35.4 Å². The van der Waals surface area contributed by atoms with Crippen LogP contribution in [0.4, 0.5) is 0 Å². The van der Waals surface area contributed by atoms with Crippen molar-refractivity contribution < 1.29 is 0 Å². The van der Waals surface area contributed by atoms with Gasteiger partial charge in [-0.15, -0.1) is 11.6 Å². The van der Waals surface area contributed by atoms with E-state index in [1.807, 2.05) is 0 Å². The minimum atomic E-state index is 0.398. The summed E-state index contributed by atoms with van der Waals surface area (Å²) in [6, 6.07) is 9.14. The molecule has 1 aromatic carbocycles. The molecule has 2 rings (SSSR count). The zero-order chi connectivity index (χ0) is 12.4. The number of halogens is 1. The smallest absolute Gasteiger partial charge is 0.0364 e. The Labute approximate surface area is 110 Å². The number of hydrogen-bond donors (Lipinski definition) is 0. The van der Waals surface area contributed by atoms with Crippen LogP contribution in [0.1, 0.15) is 50.7 Å². The minimum Gasteiger partial charge on any atom is -0.123 e. The molecule has 0 aliphatic heterocycles. The molecule has 17 heavy (non-hydrogen) atoms. The SMILES string of the molecule is CC(C)c1ccc(CC2CCC(Cl)C2C)cc1. The summed E-state index contributed by atoms with van der Waals surface area (Å²) in [5, 5.41) is 0.398. The number of hydrogen-bond acceptors (Lipinski definition) is 0. The maximum atomic E-state index is 6.29. The molecule has 3 atom stereocenters. The van der Waals surface area contributed by atoms with Gasteiger partial charge in [0, 0.05) is 5.38 Å². The molecule has 1 fully saturated rings. The Morgan fingerprint density at radius 1 is 1.18 bits per heavy atom. The molecule has 0 nitrogen and oxygen atoms in total. The Balaban J connectivity index is 1.99. The molecule has 3 unspecified atom stereocenters. The molecular weight excluding hydrogens is 228 g/mol. The number of benzene rings is 1. The van der Waals surface area contributed by atoms with Gasteiger partial charge in [0.15, 0.2) is 0 Å². The van der Waals surface area contributed by atoms with E-state index in [1.165, 1.54) is 30.4 Å². The Bertz CT molecular complexity index is 352. The molecule has 1 aliphatic carbocycles. The van der Waals surface area contributed by atoms with Gasteiger partial charge in [-0.25, -0.2) is 0 Å². The van der Waals surface area contributed by atoms with Gasteiger partial charge in [0.25, 0.3) is 0 Å². The van der Waals surface area contributed by atoms with E-state index in [0.717, 1.165) is 5.92 Å². The van der Waals surface area contributed by atoms with Crippen LogP contribution < -0.4 is 0 Å². The summed E-state index contributed by atoms with van der Waals surface area (Å²) in [5.74, 6) is 2.07. The van der Waals surface area contributed by atoms with Crippen molar-refractivity contribution in [2.45, 2.75) is 51.3 Å². The average molecular weight is 251 g/mol. The molecule has 94 valence electrons. The average Bonchev–Trinajstić information content (AvgIpc) is 2.62. The molecule has 0 bridgehead atoms. The molecule has 1 aromatic rings. The number of alkyl halides is 1. The van der Waals surface area contributed by atoms with E-state index >= 15 is 0 Å². The molecule has 1 saturated carbocycles. The second-order valence-electron chi connectivity index (χ2n) is 5.81. The maximum Gasteiger partial charge on any atom is 0.0364 e. The van der Waals surface area contributed by atoms with E-state index in [1.54, 1.807) is 0 Å². The summed E-state index contributed by atoms with van der Waals surface area (Å²) in [7, 11) is 0. The summed E-state index contributed by atoms with van der Waals surface area (Å²) < 4.78 is 0. The fourth-order valence-electron chi connectivity index (χ4n) is 2.82. The van der Waals surface area contributed by atoms with Crippen molar-refractivity contribution in [3.63, 3.8) is 0 Å². The highest BCUT2D eigenvalue weighted by atomic mass is 35.5. The third-order valence-electron chi connectivity index (χ3n) is 4.27. The lowest BCUT2D eigenvalue weighted by Gasteiger charge is -2.17. The Hall–Kier alpha value is -0.490. The van der Waals surface area contributed by atoms with Crippen molar-refractivity contribution in [2.75, 3.05) is 0 Å². The first-order valence-electron chi connectivity index (χ1n) is 6.81. The van der Waals surface area contributed by atoms with Crippen LogP contribution in [0.5, 0.6) is 0 Å². The first-order valence-corrected chi connectivity index (χ1v) is 7.24. The van der Waals surface area contributed by atoms with Crippen LogP contribution in [0.25, 0.3) is 0 Å². The lowest BCUT2D eigenvalue weighted by Crippen LogP contribution is -2.13. The molecule has 1 heteroatoms. The fraction of sp³-hybridized carbons (Fsp3) is 0.625. The van der Waals surface area contributed by atoms with Gasteiger partial charge < -0.3 is 0 Å². The zero-order valence-electron chi connectivity index (χ0n) is 11.1. The normalized spacial score (nSPS) is 28.9.